The first-order valence-corrected chi connectivity index (χ1v) is 8.30. The Morgan fingerprint density at radius 1 is 1.33 bits per heavy atom. The van der Waals surface area contributed by atoms with Crippen molar-refractivity contribution in [2.75, 3.05) is 31.0 Å². The molecule has 2 heterocycles. The van der Waals surface area contributed by atoms with Crippen LogP contribution in [0, 0.1) is 20.9 Å². The Balaban J connectivity index is 2.02. The molecule has 0 spiro atoms. The molecule has 8 nitrogen and oxygen atoms in total. The minimum absolute atomic E-state index is 0.0415. The topological polar surface area (TPSA) is 87.4 Å². The van der Waals surface area contributed by atoms with Crippen molar-refractivity contribution < 1.29 is 4.92 Å². The third kappa shape index (κ3) is 3.02. The first kappa shape index (κ1) is 16.9. The average Bonchev–Trinajstić information content (AvgIpc) is 2.66. The zero-order valence-corrected chi connectivity index (χ0v) is 15.0. The Hall–Kier alpha value is -1.96. The van der Waals surface area contributed by atoms with Gasteiger partial charge in [0.1, 0.15) is 6.33 Å². The Morgan fingerprint density at radius 2 is 2.04 bits per heavy atom. The van der Waals surface area contributed by atoms with Gasteiger partial charge in [-0.1, -0.05) is 20.8 Å². The van der Waals surface area contributed by atoms with Crippen LogP contribution in [0.5, 0.6) is 0 Å². The van der Waals surface area contributed by atoms with Gasteiger partial charge in [-0.2, -0.15) is 0 Å². The fraction of sp³-hybridized carbons (Fsp3) is 0.750. The molecule has 1 N–H and O–H groups in total. The summed E-state index contributed by atoms with van der Waals surface area (Å²) in [5.74, 6) is 0.673. The van der Waals surface area contributed by atoms with Gasteiger partial charge in [0.2, 0.25) is 11.6 Å². The van der Waals surface area contributed by atoms with E-state index < -0.39 is 0 Å². The lowest BCUT2D eigenvalue weighted by atomic mass is 9.65. The van der Waals surface area contributed by atoms with E-state index in [9.17, 15) is 10.1 Å². The summed E-state index contributed by atoms with van der Waals surface area (Å²) >= 11 is 0. The molecule has 1 saturated carbocycles. The number of anilines is 2. The predicted molar refractivity (Wildman–Crippen MR) is 92.9 cm³/mol. The molecule has 2 atom stereocenters. The maximum Gasteiger partial charge on any atom is 0.354 e. The highest BCUT2D eigenvalue weighted by atomic mass is 16.6. The predicted octanol–water partition coefficient (Wildman–Crippen LogP) is 2.68. The fourth-order valence-electron chi connectivity index (χ4n) is 4.75. The highest BCUT2D eigenvalue weighted by Crippen LogP contribution is 2.54. The van der Waals surface area contributed by atoms with Gasteiger partial charge in [0.05, 0.1) is 4.92 Å². The number of aromatic nitrogens is 2. The third-order valence-electron chi connectivity index (χ3n) is 5.00. The second-order valence-corrected chi connectivity index (χ2v) is 8.50. The monoisotopic (exact) mass is 334 g/mol. The molecule has 2 bridgehead atoms. The molecule has 2 unspecified atom stereocenters. The number of fused-ring (bicyclic) bond motifs is 2. The normalized spacial score (nSPS) is 28.2. The molecule has 132 valence electrons. The Morgan fingerprint density at radius 3 is 2.67 bits per heavy atom. The lowest BCUT2D eigenvalue weighted by Gasteiger charge is -2.39. The van der Waals surface area contributed by atoms with Crippen LogP contribution in [-0.2, 0) is 0 Å². The molecule has 1 saturated heterocycles. The summed E-state index contributed by atoms with van der Waals surface area (Å²) in [5.41, 5.74) is 3.31. The molecule has 1 aliphatic heterocycles. The van der Waals surface area contributed by atoms with Gasteiger partial charge in [0, 0.05) is 26.7 Å². The van der Waals surface area contributed by atoms with Crippen LogP contribution in [0.4, 0.5) is 17.3 Å². The molecule has 0 amide bonds. The van der Waals surface area contributed by atoms with E-state index in [1.807, 2.05) is 0 Å². The summed E-state index contributed by atoms with van der Waals surface area (Å²) < 4.78 is 0. The molecule has 3 rings (SSSR count). The number of nitrogens with one attached hydrogen (secondary N) is 1. The SMILES string of the molecule is CN(C)Nc1ncnc(N2CC3(C)CC2CC(C)(C)C3)c1[N+](=O)[O-]. The van der Waals surface area contributed by atoms with E-state index in [1.54, 1.807) is 19.1 Å². The minimum atomic E-state index is -0.378. The lowest BCUT2D eigenvalue weighted by molar-refractivity contribution is -0.383. The maximum atomic E-state index is 11.7. The van der Waals surface area contributed by atoms with Crippen molar-refractivity contribution >= 4 is 17.3 Å². The highest BCUT2D eigenvalue weighted by Gasteiger charge is 2.51. The third-order valence-corrected chi connectivity index (χ3v) is 5.00. The van der Waals surface area contributed by atoms with Gasteiger partial charge in [-0.05, 0) is 30.1 Å². The molecule has 24 heavy (non-hydrogen) atoms. The van der Waals surface area contributed by atoms with Crippen LogP contribution in [0.1, 0.15) is 40.0 Å². The molecule has 0 aromatic carbocycles. The zero-order chi connectivity index (χ0) is 17.7. The van der Waals surface area contributed by atoms with Gasteiger partial charge in [-0.15, -0.1) is 0 Å². The largest absolute Gasteiger partial charge is 0.354 e. The first-order valence-electron chi connectivity index (χ1n) is 8.30. The van der Waals surface area contributed by atoms with Gasteiger partial charge in [-0.25, -0.2) is 15.0 Å². The quantitative estimate of drug-likeness (QED) is 0.669. The van der Waals surface area contributed by atoms with Crippen LogP contribution in [0.25, 0.3) is 0 Å². The maximum absolute atomic E-state index is 11.7. The van der Waals surface area contributed by atoms with Crippen molar-refractivity contribution in [2.24, 2.45) is 10.8 Å². The number of hydrogen-bond donors (Lipinski definition) is 1. The van der Waals surface area contributed by atoms with Gasteiger partial charge in [0.15, 0.2) is 0 Å². The molecule has 2 fully saturated rings. The van der Waals surface area contributed by atoms with Crippen molar-refractivity contribution in [3.63, 3.8) is 0 Å². The van der Waals surface area contributed by atoms with Crippen molar-refractivity contribution in [3.05, 3.63) is 16.4 Å². The van der Waals surface area contributed by atoms with Gasteiger partial charge in [0.25, 0.3) is 0 Å². The van der Waals surface area contributed by atoms with E-state index >= 15 is 0 Å². The van der Waals surface area contributed by atoms with E-state index in [0.29, 0.717) is 11.9 Å². The standard InChI is InChI=1S/C16H26N6O2/c1-15(2)6-11-7-16(3,8-15)9-21(11)14-12(22(23)24)13(17-10-18-14)19-20(4)5/h10-11H,6-9H2,1-5H3,(H,17,18,19). The Kier molecular flexibility index (Phi) is 3.90. The minimum Gasteiger partial charge on any atom is -0.347 e. The summed E-state index contributed by atoms with van der Waals surface area (Å²) in [6, 6.07) is 0.291. The second kappa shape index (κ2) is 5.54. The summed E-state index contributed by atoms with van der Waals surface area (Å²) in [6.07, 6.45) is 4.63. The molecular formula is C16H26N6O2. The van der Waals surface area contributed by atoms with Crippen LogP contribution >= 0.6 is 0 Å². The van der Waals surface area contributed by atoms with E-state index in [4.69, 9.17) is 0 Å². The summed E-state index contributed by atoms with van der Waals surface area (Å²) in [6.45, 7) is 7.66. The summed E-state index contributed by atoms with van der Waals surface area (Å²) in [4.78, 5) is 21.9. The zero-order valence-electron chi connectivity index (χ0n) is 15.0. The first-order chi connectivity index (χ1) is 11.1. The van der Waals surface area contributed by atoms with Gasteiger partial charge < -0.3 is 4.90 Å². The highest BCUT2D eigenvalue weighted by molar-refractivity contribution is 5.70. The average molecular weight is 334 g/mol. The smallest absolute Gasteiger partial charge is 0.347 e. The Bertz CT molecular complexity index is 662. The van der Waals surface area contributed by atoms with E-state index in [2.05, 4.69) is 41.1 Å². The van der Waals surface area contributed by atoms with E-state index in [1.165, 1.54) is 6.33 Å². The second-order valence-electron chi connectivity index (χ2n) is 8.50. The number of hydrogen-bond acceptors (Lipinski definition) is 7. The summed E-state index contributed by atoms with van der Waals surface area (Å²) in [5, 5.41) is 13.4. The van der Waals surface area contributed by atoms with Gasteiger partial charge in [-0.3, -0.25) is 15.5 Å². The van der Waals surface area contributed by atoms with Crippen molar-refractivity contribution in [2.45, 2.75) is 46.1 Å². The molecule has 2 aliphatic rings. The van der Waals surface area contributed by atoms with Crippen LogP contribution in [0.15, 0.2) is 6.33 Å². The number of nitrogens with zero attached hydrogens (tertiary/aromatic N) is 5. The number of rotatable bonds is 4. The van der Waals surface area contributed by atoms with Crippen molar-refractivity contribution in [3.8, 4) is 0 Å². The molecular weight excluding hydrogens is 308 g/mol. The van der Waals surface area contributed by atoms with E-state index in [0.717, 1.165) is 25.8 Å². The fourth-order valence-corrected chi connectivity index (χ4v) is 4.75. The molecule has 1 aliphatic carbocycles. The van der Waals surface area contributed by atoms with Crippen molar-refractivity contribution in [1.29, 1.82) is 0 Å². The van der Waals surface area contributed by atoms with Crippen LogP contribution in [-0.4, -0.2) is 46.6 Å². The van der Waals surface area contributed by atoms with Crippen LogP contribution in [0.2, 0.25) is 0 Å². The van der Waals surface area contributed by atoms with Crippen LogP contribution < -0.4 is 10.3 Å². The van der Waals surface area contributed by atoms with Crippen molar-refractivity contribution in [1.82, 2.24) is 15.0 Å². The lowest BCUT2D eigenvalue weighted by Crippen LogP contribution is -2.35. The number of hydrazine groups is 1. The molecule has 0 radical (unpaired) electrons. The number of nitro groups is 1. The van der Waals surface area contributed by atoms with E-state index in [-0.39, 0.29) is 27.3 Å². The Labute approximate surface area is 142 Å². The molecule has 1 aromatic heterocycles. The molecule has 8 heteroatoms. The van der Waals surface area contributed by atoms with Gasteiger partial charge >= 0.3 is 5.69 Å². The molecule has 1 aromatic rings. The summed E-state index contributed by atoms with van der Waals surface area (Å²) in [7, 11) is 3.55. The van der Waals surface area contributed by atoms with Crippen LogP contribution in [0.3, 0.4) is 0 Å².